The standard InChI is InChI=1S/C22H17F3N4O2/c23-22(24,25)31-17-7-5-16(6-8-17)29(28-13-15-9-11-26-12-10-15)21(30)19-14-27-20-4-2-1-3-18(19)20/h1-12,14,27-28H,13H2. The lowest BCUT2D eigenvalue weighted by Gasteiger charge is -2.24. The van der Waals surface area contributed by atoms with E-state index in [2.05, 4.69) is 20.1 Å². The summed E-state index contributed by atoms with van der Waals surface area (Å²) in [5.41, 5.74) is 5.51. The minimum atomic E-state index is -4.79. The zero-order chi connectivity index (χ0) is 21.8. The number of amides is 1. The van der Waals surface area contributed by atoms with Crippen molar-refractivity contribution in [1.29, 1.82) is 0 Å². The van der Waals surface area contributed by atoms with Crippen molar-refractivity contribution in [3.05, 3.63) is 90.4 Å². The molecule has 0 radical (unpaired) electrons. The monoisotopic (exact) mass is 426 g/mol. The minimum absolute atomic E-state index is 0.303. The molecule has 1 amide bonds. The van der Waals surface area contributed by atoms with Crippen molar-refractivity contribution in [2.75, 3.05) is 5.01 Å². The molecule has 9 heteroatoms. The number of pyridine rings is 1. The lowest BCUT2D eigenvalue weighted by Crippen LogP contribution is -2.42. The van der Waals surface area contributed by atoms with Crippen molar-refractivity contribution in [2.24, 2.45) is 0 Å². The highest BCUT2D eigenvalue weighted by Crippen LogP contribution is 2.27. The number of anilines is 1. The summed E-state index contributed by atoms with van der Waals surface area (Å²) >= 11 is 0. The van der Waals surface area contributed by atoms with Crippen LogP contribution in [-0.4, -0.2) is 22.2 Å². The highest BCUT2D eigenvalue weighted by molar-refractivity contribution is 6.13. The Hall–Kier alpha value is -3.85. The summed E-state index contributed by atoms with van der Waals surface area (Å²) in [6.07, 6.45) is 0.0775. The van der Waals surface area contributed by atoms with Gasteiger partial charge in [0.1, 0.15) is 5.75 Å². The van der Waals surface area contributed by atoms with Crippen molar-refractivity contribution < 1.29 is 22.7 Å². The van der Waals surface area contributed by atoms with Gasteiger partial charge in [0, 0.05) is 36.0 Å². The van der Waals surface area contributed by atoms with Crippen molar-refractivity contribution in [3.8, 4) is 5.75 Å². The van der Waals surface area contributed by atoms with Crippen molar-refractivity contribution in [3.63, 3.8) is 0 Å². The molecule has 0 saturated heterocycles. The van der Waals surface area contributed by atoms with Crippen LogP contribution in [-0.2, 0) is 6.54 Å². The molecule has 0 aliphatic carbocycles. The van der Waals surface area contributed by atoms with E-state index in [0.717, 1.165) is 28.6 Å². The maximum Gasteiger partial charge on any atom is 0.573 e. The number of para-hydroxylation sites is 1. The first kappa shape index (κ1) is 20.4. The first-order chi connectivity index (χ1) is 14.9. The summed E-state index contributed by atoms with van der Waals surface area (Å²) in [5, 5.41) is 2.04. The number of alkyl halides is 3. The largest absolute Gasteiger partial charge is 0.573 e. The van der Waals surface area contributed by atoms with E-state index < -0.39 is 6.36 Å². The average Bonchev–Trinajstić information content (AvgIpc) is 3.19. The van der Waals surface area contributed by atoms with Gasteiger partial charge in [-0.2, -0.15) is 0 Å². The number of halogens is 3. The number of hydrogen-bond donors (Lipinski definition) is 2. The number of aromatic amines is 1. The summed E-state index contributed by atoms with van der Waals surface area (Å²) in [6, 6.07) is 16.0. The van der Waals surface area contributed by atoms with E-state index in [-0.39, 0.29) is 11.7 Å². The van der Waals surface area contributed by atoms with Gasteiger partial charge in [-0.05, 0) is 48.0 Å². The second kappa shape index (κ2) is 8.49. The van der Waals surface area contributed by atoms with Crippen molar-refractivity contribution in [2.45, 2.75) is 12.9 Å². The molecule has 31 heavy (non-hydrogen) atoms. The molecule has 158 valence electrons. The van der Waals surface area contributed by atoms with Crippen molar-refractivity contribution >= 4 is 22.5 Å². The molecule has 2 N–H and O–H groups in total. The molecule has 2 aromatic heterocycles. The van der Waals surface area contributed by atoms with Crippen LogP contribution < -0.4 is 15.2 Å². The van der Waals surface area contributed by atoms with E-state index in [9.17, 15) is 18.0 Å². The van der Waals surface area contributed by atoms with E-state index in [1.54, 1.807) is 30.7 Å². The van der Waals surface area contributed by atoms with Crippen LogP contribution in [0.1, 0.15) is 15.9 Å². The van der Waals surface area contributed by atoms with Gasteiger partial charge in [-0.1, -0.05) is 18.2 Å². The van der Waals surface area contributed by atoms with E-state index in [0.29, 0.717) is 17.8 Å². The fraction of sp³-hybridized carbons (Fsp3) is 0.0909. The van der Waals surface area contributed by atoms with E-state index >= 15 is 0 Å². The number of aromatic nitrogens is 2. The molecule has 0 aliphatic heterocycles. The number of fused-ring (bicyclic) bond motifs is 1. The van der Waals surface area contributed by atoms with Gasteiger partial charge in [-0.25, -0.2) is 10.4 Å². The quantitative estimate of drug-likeness (QED) is 0.434. The number of benzene rings is 2. The zero-order valence-corrected chi connectivity index (χ0v) is 16.1. The predicted molar refractivity (Wildman–Crippen MR) is 109 cm³/mol. The number of nitrogens with zero attached hydrogens (tertiary/aromatic N) is 2. The van der Waals surface area contributed by atoms with Gasteiger partial charge >= 0.3 is 6.36 Å². The number of H-pyrrole nitrogens is 1. The summed E-state index contributed by atoms with van der Waals surface area (Å²) in [7, 11) is 0. The highest BCUT2D eigenvalue weighted by atomic mass is 19.4. The SMILES string of the molecule is O=C(c1c[nH]c2ccccc12)N(NCc1ccncc1)c1ccc(OC(F)(F)F)cc1. The molecule has 0 fully saturated rings. The summed E-state index contributed by atoms with van der Waals surface area (Å²) in [6.45, 7) is 0.303. The molecule has 0 saturated carbocycles. The van der Waals surface area contributed by atoms with Crippen LogP contribution in [0.5, 0.6) is 5.75 Å². The lowest BCUT2D eigenvalue weighted by molar-refractivity contribution is -0.274. The molecule has 2 heterocycles. The molecule has 0 aliphatic rings. The van der Waals surface area contributed by atoms with E-state index in [1.165, 1.54) is 17.1 Å². The average molecular weight is 426 g/mol. The first-order valence-electron chi connectivity index (χ1n) is 9.29. The van der Waals surface area contributed by atoms with E-state index in [4.69, 9.17) is 0 Å². The predicted octanol–water partition coefficient (Wildman–Crippen LogP) is 4.81. The molecule has 0 bridgehead atoms. The molecule has 4 rings (SSSR count). The van der Waals surface area contributed by atoms with Gasteiger partial charge in [0.15, 0.2) is 0 Å². The number of hydrogen-bond acceptors (Lipinski definition) is 4. The third-order valence-electron chi connectivity index (χ3n) is 4.54. The van der Waals surface area contributed by atoms with Crippen LogP contribution in [0.4, 0.5) is 18.9 Å². The molecule has 6 nitrogen and oxygen atoms in total. The van der Waals surface area contributed by atoms with Gasteiger partial charge in [0.05, 0.1) is 11.3 Å². The number of carbonyl (C=O) groups excluding carboxylic acids is 1. The molecule has 0 spiro atoms. The maximum atomic E-state index is 13.4. The number of ether oxygens (including phenoxy) is 1. The Labute approximate surface area is 175 Å². The Kier molecular flexibility index (Phi) is 5.59. The molecule has 2 aromatic carbocycles. The number of hydrazine groups is 1. The van der Waals surface area contributed by atoms with Crippen LogP contribution in [0.3, 0.4) is 0 Å². The Morgan fingerprint density at radius 1 is 1.03 bits per heavy atom. The van der Waals surface area contributed by atoms with Gasteiger partial charge in [0.2, 0.25) is 0 Å². The lowest BCUT2D eigenvalue weighted by atomic mass is 10.1. The van der Waals surface area contributed by atoms with Crippen molar-refractivity contribution in [1.82, 2.24) is 15.4 Å². The molecule has 0 atom stereocenters. The fourth-order valence-corrected chi connectivity index (χ4v) is 3.12. The molecular weight excluding hydrogens is 409 g/mol. The number of rotatable bonds is 6. The maximum absolute atomic E-state index is 13.4. The highest BCUT2D eigenvalue weighted by Gasteiger charge is 2.31. The summed E-state index contributed by atoms with van der Waals surface area (Å²) in [4.78, 5) is 20.4. The van der Waals surface area contributed by atoms with Crippen LogP contribution in [0.25, 0.3) is 10.9 Å². The van der Waals surface area contributed by atoms with Crippen LogP contribution in [0.15, 0.2) is 79.3 Å². The van der Waals surface area contributed by atoms with E-state index in [1.807, 2.05) is 24.3 Å². The molecule has 0 unspecified atom stereocenters. The second-order valence-electron chi connectivity index (χ2n) is 6.62. The smallest absolute Gasteiger partial charge is 0.406 e. The summed E-state index contributed by atoms with van der Waals surface area (Å²) < 4.78 is 41.3. The Morgan fingerprint density at radius 2 is 1.74 bits per heavy atom. The van der Waals surface area contributed by atoms with Gasteiger partial charge in [-0.15, -0.1) is 13.2 Å². The Balaban J connectivity index is 1.64. The Bertz CT molecular complexity index is 1170. The summed E-state index contributed by atoms with van der Waals surface area (Å²) in [5.74, 6) is -0.735. The Morgan fingerprint density at radius 3 is 2.45 bits per heavy atom. The number of nitrogens with one attached hydrogen (secondary N) is 2. The van der Waals surface area contributed by atoms with Gasteiger partial charge in [-0.3, -0.25) is 9.78 Å². The van der Waals surface area contributed by atoms with Gasteiger partial charge < -0.3 is 9.72 Å². The normalized spacial score (nSPS) is 11.5. The third kappa shape index (κ3) is 4.84. The second-order valence-corrected chi connectivity index (χ2v) is 6.62. The molecule has 4 aromatic rings. The van der Waals surface area contributed by atoms with Crippen LogP contribution >= 0.6 is 0 Å². The third-order valence-corrected chi connectivity index (χ3v) is 4.54. The fourth-order valence-electron chi connectivity index (χ4n) is 3.12. The first-order valence-corrected chi connectivity index (χ1v) is 9.29. The van der Waals surface area contributed by atoms with Gasteiger partial charge in [0.25, 0.3) is 5.91 Å². The zero-order valence-electron chi connectivity index (χ0n) is 16.1. The topological polar surface area (TPSA) is 70.2 Å². The molecular formula is C22H17F3N4O2. The van der Waals surface area contributed by atoms with Crippen LogP contribution in [0, 0.1) is 0 Å². The minimum Gasteiger partial charge on any atom is -0.406 e. The van der Waals surface area contributed by atoms with Crippen LogP contribution in [0.2, 0.25) is 0 Å². The number of carbonyl (C=O) groups is 1.